The smallest absolute Gasteiger partial charge is 0.167 e. The second-order valence-corrected chi connectivity index (χ2v) is 7.78. The summed E-state index contributed by atoms with van der Waals surface area (Å²) in [4.78, 5) is 10.2. The third kappa shape index (κ3) is 3.81. The number of thiophene rings is 2. The molecule has 0 aliphatic rings. The van der Waals surface area contributed by atoms with Crippen molar-refractivity contribution < 1.29 is 9.13 Å². The van der Waals surface area contributed by atoms with Crippen LogP contribution in [0.25, 0.3) is 20.7 Å². The quantitative estimate of drug-likeness (QED) is 0.337. The number of halogens is 1. The molecule has 1 aromatic carbocycles. The first-order valence-electron chi connectivity index (χ1n) is 8.64. The van der Waals surface area contributed by atoms with E-state index in [2.05, 4.69) is 26.6 Å². The van der Waals surface area contributed by atoms with E-state index in [9.17, 15) is 9.65 Å². The highest BCUT2D eigenvalue weighted by Gasteiger charge is 2.21. The predicted molar refractivity (Wildman–Crippen MR) is 114 cm³/mol. The molecule has 3 heterocycles. The van der Waals surface area contributed by atoms with Gasteiger partial charge < -0.3 is 4.74 Å². The molecule has 0 aliphatic carbocycles. The Morgan fingerprint density at radius 2 is 2.24 bits per heavy atom. The zero-order valence-electron chi connectivity index (χ0n) is 15.2. The number of nitrogens with one attached hydrogen (secondary N) is 1. The molecule has 0 saturated heterocycles. The Hall–Kier alpha value is -3.35. The SMILES string of the molecule is CCOc1cc(F)ccc1-c1sc2c(NN=Cc3cccs3)ncnc2c1C#N. The maximum absolute atomic E-state index is 13.7. The summed E-state index contributed by atoms with van der Waals surface area (Å²) >= 11 is 2.91. The number of nitrogens with zero attached hydrogens (tertiary/aromatic N) is 4. The van der Waals surface area contributed by atoms with Crippen LogP contribution in [0.4, 0.5) is 10.2 Å². The highest BCUT2D eigenvalue weighted by atomic mass is 32.1. The van der Waals surface area contributed by atoms with Crippen LogP contribution in [0.3, 0.4) is 0 Å². The molecule has 4 aromatic rings. The van der Waals surface area contributed by atoms with Crippen LogP contribution >= 0.6 is 22.7 Å². The van der Waals surface area contributed by atoms with Gasteiger partial charge in [-0.1, -0.05) is 6.07 Å². The number of benzene rings is 1. The standard InChI is InChI=1S/C20H14FN5OS2/c1-2-27-16-8-12(21)5-6-14(16)18-15(9-22)17-19(29-18)20(24-11-23-17)26-25-10-13-4-3-7-28-13/h3-8,10-11H,2H2,1H3,(H,23,24,26). The molecule has 0 aliphatic heterocycles. The third-order valence-electron chi connectivity index (χ3n) is 3.98. The summed E-state index contributed by atoms with van der Waals surface area (Å²) in [5, 5.41) is 16.0. The number of hydrazone groups is 1. The van der Waals surface area contributed by atoms with Crippen LogP contribution in [0.1, 0.15) is 17.4 Å². The minimum absolute atomic E-state index is 0.382. The van der Waals surface area contributed by atoms with Gasteiger partial charge in [0.1, 0.15) is 29.5 Å². The molecule has 0 bridgehead atoms. The van der Waals surface area contributed by atoms with E-state index >= 15 is 0 Å². The second kappa shape index (κ2) is 8.34. The molecular weight excluding hydrogens is 409 g/mol. The summed E-state index contributed by atoms with van der Waals surface area (Å²) in [6.07, 6.45) is 3.09. The number of rotatable bonds is 6. The summed E-state index contributed by atoms with van der Waals surface area (Å²) < 4.78 is 20.0. The van der Waals surface area contributed by atoms with Crippen molar-refractivity contribution in [2.45, 2.75) is 6.92 Å². The zero-order valence-corrected chi connectivity index (χ0v) is 16.9. The van der Waals surface area contributed by atoms with Crippen LogP contribution in [0.5, 0.6) is 5.75 Å². The lowest BCUT2D eigenvalue weighted by Crippen LogP contribution is -1.95. The van der Waals surface area contributed by atoms with Crippen LogP contribution in [0, 0.1) is 17.1 Å². The van der Waals surface area contributed by atoms with Crippen LogP contribution in [-0.2, 0) is 0 Å². The maximum atomic E-state index is 13.7. The van der Waals surface area contributed by atoms with Crippen molar-refractivity contribution in [1.29, 1.82) is 5.26 Å². The van der Waals surface area contributed by atoms with E-state index in [0.29, 0.717) is 44.4 Å². The monoisotopic (exact) mass is 423 g/mol. The van der Waals surface area contributed by atoms with Gasteiger partial charge in [-0.2, -0.15) is 10.4 Å². The van der Waals surface area contributed by atoms with Crippen molar-refractivity contribution in [2.24, 2.45) is 5.10 Å². The number of hydrogen-bond donors (Lipinski definition) is 1. The van der Waals surface area contributed by atoms with Crippen LogP contribution in [0.2, 0.25) is 0 Å². The average molecular weight is 423 g/mol. The van der Waals surface area contributed by atoms with E-state index in [-0.39, 0.29) is 0 Å². The summed E-state index contributed by atoms with van der Waals surface area (Å²) in [6, 6.07) is 10.4. The van der Waals surface area contributed by atoms with Gasteiger partial charge in [0.05, 0.1) is 28.0 Å². The Kier molecular flexibility index (Phi) is 5.46. The van der Waals surface area contributed by atoms with Crippen molar-refractivity contribution in [3.8, 4) is 22.3 Å². The summed E-state index contributed by atoms with van der Waals surface area (Å²) in [7, 11) is 0. The van der Waals surface area contributed by atoms with Crippen molar-refractivity contribution in [1.82, 2.24) is 9.97 Å². The van der Waals surface area contributed by atoms with E-state index in [0.717, 1.165) is 4.88 Å². The highest BCUT2D eigenvalue weighted by molar-refractivity contribution is 7.23. The second-order valence-electron chi connectivity index (χ2n) is 5.78. The van der Waals surface area contributed by atoms with E-state index in [1.807, 2.05) is 24.4 Å². The van der Waals surface area contributed by atoms with Crippen LogP contribution in [0.15, 0.2) is 47.1 Å². The zero-order chi connectivity index (χ0) is 20.2. The molecule has 0 atom stereocenters. The van der Waals surface area contributed by atoms with Crippen LogP contribution < -0.4 is 10.2 Å². The molecule has 9 heteroatoms. The molecule has 0 radical (unpaired) electrons. The fraction of sp³-hybridized carbons (Fsp3) is 0.100. The Labute approximate surface area is 173 Å². The Bertz CT molecular complexity index is 1230. The van der Waals surface area contributed by atoms with Gasteiger partial charge in [0, 0.05) is 16.5 Å². The van der Waals surface area contributed by atoms with Crippen molar-refractivity contribution >= 4 is 44.9 Å². The van der Waals surface area contributed by atoms with Crippen LogP contribution in [-0.4, -0.2) is 22.8 Å². The van der Waals surface area contributed by atoms with Gasteiger partial charge in [-0.3, -0.25) is 5.43 Å². The Morgan fingerprint density at radius 3 is 3.00 bits per heavy atom. The Balaban J connectivity index is 1.80. The van der Waals surface area contributed by atoms with E-state index in [4.69, 9.17) is 4.74 Å². The molecule has 0 amide bonds. The van der Waals surface area contributed by atoms with E-state index in [1.165, 1.54) is 29.8 Å². The normalized spacial score (nSPS) is 11.1. The van der Waals surface area contributed by atoms with Gasteiger partial charge in [0.15, 0.2) is 5.82 Å². The van der Waals surface area contributed by atoms with Crippen molar-refractivity contribution in [3.05, 3.63) is 58.3 Å². The Morgan fingerprint density at radius 1 is 1.34 bits per heavy atom. The molecule has 0 saturated carbocycles. The number of anilines is 1. The fourth-order valence-electron chi connectivity index (χ4n) is 2.76. The first-order valence-corrected chi connectivity index (χ1v) is 10.3. The van der Waals surface area contributed by atoms with E-state index < -0.39 is 5.82 Å². The molecule has 6 nitrogen and oxygen atoms in total. The lowest BCUT2D eigenvalue weighted by Gasteiger charge is -2.09. The van der Waals surface area contributed by atoms with Gasteiger partial charge >= 0.3 is 0 Å². The molecular formula is C20H14FN5OS2. The van der Waals surface area contributed by atoms with Crippen molar-refractivity contribution in [3.63, 3.8) is 0 Å². The predicted octanol–water partition coefficient (Wildman–Crippen LogP) is 5.28. The topological polar surface area (TPSA) is 83.2 Å². The summed E-state index contributed by atoms with van der Waals surface area (Å²) in [5.41, 5.74) is 4.48. The van der Waals surface area contributed by atoms with Gasteiger partial charge in [-0.25, -0.2) is 14.4 Å². The molecule has 3 aromatic heterocycles. The number of hydrogen-bond acceptors (Lipinski definition) is 8. The average Bonchev–Trinajstić information content (AvgIpc) is 3.36. The van der Waals surface area contributed by atoms with Gasteiger partial charge in [-0.05, 0) is 30.5 Å². The minimum atomic E-state index is -0.401. The fourth-order valence-corrected chi connectivity index (χ4v) is 4.52. The van der Waals surface area contributed by atoms with Gasteiger partial charge in [0.2, 0.25) is 0 Å². The minimum Gasteiger partial charge on any atom is -0.493 e. The number of fused-ring (bicyclic) bond motifs is 1. The molecule has 0 fully saturated rings. The molecule has 4 rings (SSSR count). The largest absolute Gasteiger partial charge is 0.493 e. The molecule has 1 N–H and O–H groups in total. The van der Waals surface area contributed by atoms with Crippen molar-refractivity contribution in [2.75, 3.05) is 12.0 Å². The molecule has 0 spiro atoms. The first-order chi connectivity index (χ1) is 14.2. The highest BCUT2D eigenvalue weighted by Crippen LogP contribution is 2.43. The lowest BCUT2D eigenvalue weighted by atomic mass is 10.1. The maximum Gasteiger partial charge on any atom is 0.167 e. The van der Waals surface area contributed by atoms with Gasteiger partial charge in [-0.15, -0.1) is 22.7 Å². The molecule has 29 heavy (non-hydrogen) atoms. The molecule has 0 unspecified atom stereocenters. The summed E-state index contributed by atoms with van der Waals surface area (Å²) in [6.45, 7) is 2.21. The van der Waals surface area contributed by atoms with E-state index in [1.54, 1.807) is 23.6 Å². The number of ether oxygens (including phenoxy) is 1. The number of aromatic nitrogens is 2. The summed E-state index contributed by atoms with van der Waals surface area (Å²) in [5.74, 6) is 0.478. The third-order valence-corrected chi connectivity index (χ3v) is 6.00. The first kappa shape index (κ1) is 19.0. The number of nitriles is 1. The lowest BCUT2D eigenvalue weighted by molar-refractivity contribution is 0.340. The molecule has 144 valence electrons. The van der Waals surface area contributed by atoms with Gasteiger partial charge in [0.25, 0.3) is 0 Å².